The van der Waals surface area contributed by atoms with E-state index in [0.717, 1.165) is 5.69 Å². The van der Waals surface area contributed by atoms with Crippen LogP contribution in [-0.2, 0) is 0 Å². The predicted octanol–water partition coefficient (Wildman–Crippen LogP) is 1.29. The molecule has 0 aliphatic carbocycles. The molecule has 0 aliphatic rings. The van der Waals surface area contributed by atoms with E-state index in [4.69, 9.17) is 23.1 Å². The lowest BCUT2D eigenvalue weighted by molar-refractivity contribution is 1.25. The van der Waals surface area contributed by atoms with Crippen molar-refractivity contribution in [3.8, 4) is 0 Å². The fourth-order valence-electron chi connectivity index (χ4n) is 0.741. The largest absolute Gasteiger partial charge is 0.396 e. The Morgan fingerprint density at radius 1 is 1.50 bits per heavy atom. The Hall–Kier alpha value is -1.06. The average molecular weight is 184 g/mol. The Labute approximate surface area is 76.0 Å². The van der Waals surface area contributed by atoms with Gasteiger partial charge in [-0.2, -0.15) is 0 Å². The topological polar surface area (TPSA) is 64.9 Å². The lowest BCUT2D eigenvalue weighted by atomic mass is 10.3. The van der Waals surface area contributed by atoms with E-state index in [0.29, 0.717) is 17.4 Å². The van der Waals surface area contributed by atoms with Crippen LogP contribution in [0.15, 0.2) is 18.2 Å². The van der Waals surface area contributed by atoms with E-state index in [2.05, 4.69) is 4.98 Å². The fourth-order valence-corrected chi connectivity index (χ4v) is 0.901. The summed E-state index contributed by atoms with van der Waals surface area (Å²) in [5.41, 5.74) is 12.0. The van der Waals surface area contributed by atoms with Crippen molar-refractivity contribution in [3.05, 3.63) is 29.1 Å². The molecule has 0 aromatic carbocycles. The minimum atomic E-state index is 0.328. The van der Waals surface area contributed by atoms with Crippen LogP contribution in [0, 0.1) is 0 Å². The Morgan fingerprint density at radius 3 is 2.83 bits per heavy atom. The molecule has 0 fully saturated rings. The molecule has 1 aromatic heterocycles. The van der Waals surface area contributed by atoms with E-state index in [9.17, 15) is 0 Å². The van der Waals surface area contributed by atoms with Gasteiger partial charge in [-0.05, 0) is 18.2 Å². The molecule has 4 heteroatoms. The number of halogens is 1. The number of nitrogens with two attached hydrogens (primary N) is 2. The molecule has 0 saturated heterocycles. The van der Waals surface area contributed by atoms with E-state index in [1.807, 2.05) is 0 Å². The average Bonchev–Trinajstić information content (AvgIpc) is 2.07. The lowest BCUT2D eigenvalue weighted by Crippen LogP contribution is -1.93. The van der Waals surface area contributed by atoms with Crippen molar-refractivity contribution >= 4 is 23.4 Å². The predicted molar refractivity (Wildman–Crippen MR) is 51.7 cm³/mol. The number of hydrogen-bond acceptors (Lipinski definition) is 3. The summed E-state index contributed by atoms with van der Waals surface area (Å²) < 4.78 is 0. The van der Waals surface area contributed by atoms with Gasteiger partial charge in [0.15, 0.2) is 5.15 Å². The van der Waals surface area contributed by atoms with Gasteiger partial charge >= 0.3 is 0 Å². The third-order valence-electron chi connectivity index (χ3n) is 1.32. The standard InChI is InChI=1S/C8H10ClN3/c9-8-7(11)4-3-6(12-8)2-1-5-10/h1-4H,5,10-11H2. The maximum absolute atomic E-state index is 5.69. The van der Waals surface area contributed by atoms with Crippen LogP contribution in [0.1, 0.15) is 5.69 Å². The van der Waals surface area contributed by atoms with Crippen LogP contribution in [0.3, 0.4) is 0 Å². The fraction of sp³-hybridized carbons (Fsp3) is 0.125. The van der Waals surface area contributed by atoms with Crippen LogP contribution in [-0.4, -0.2) is 11.5 Å². The van der Waals surface area contributed by atoms with Gasteiger partial charge in [-0.25, -0.2) is 4.98 Å². The van der Waals surface area contributed by atoms with Crippen molar-refractivity contribution in [1.82, 2.24) is 4.98 Å². The van der Waals surface area contributed by atoms with Gasteiger partial charge in [0.2, 0.25) is 0 Å². The Morgan fingerprint density at radius 2 is 2.25 bits per heavy atom. The molecule has 12 heavy (non-hydrogen) atoms. The van der Waals surface area contributed by atoms with Gasteiger partial charge in [0, 0.05) is 6.54 Å². The SMILES string of the molecule is NCC=Cc1ccc(N)c(Cl)n1. The zero-order valence-corrected chi connectivity index (χ0v) is 7.25. The van der Waals surface area contributed by atoms with Gasteiger partial charge < -0.3 is 11.5 Å². The molecule has 0 atom stereocenters. The second-order valence-corrected chi connectivity index (χ2v) is 2.61. The molecule has 0 bridgehead atoms. The Balaban J connectivity index is 2.89. The molecule has 1 heterocycles. The van der Waals surface area contributed by atoms with Crippen LogP contribution in [0.4, 0.5) is 5.69 Å². The molecule has 0 saturated carbocycles. The van der Waals surface area contributed by atoms with Crippen molar-refractivity contribution in [2.75, 3.05) is 12.3 Å². The van der Waals surface area contributed by atoms with Crippen LogP contribution in [0.5, 0.6) is 0 Å². The summed E-state index contributed by atoms with van der Waals surface area (Å²) in [5.74, 6) is 0. The number of nitrogens with zero attached hydrogens (tertiary/aromatic N) is 1. The highest BCUT2D eigenvalue weighted by Gasteiger charge is 1.96. The highest BCUT2D eigenvalue weighted by Crippen LogP contribution is 2.15. The molecular formula is C8H10ClN3. The normalized spacial score (nSPS) is 10.8. The van der Waals surface area contributed by atoms with Crippen LogP contribution in [0.25, 0.3) is 6.08 Å². The van der Waals surface area contributed by atoms with E-state index in [1.54, 1.807) is 24.3 Å². The number of nitrogen functional groups attached to an aromatic ring is 1. The number of pyridine rings is 1. The second-order valence-electron chi connectivity index (χ2n) is 2.25. The van der Waals surface area contributed by atoms with Crippen molar-refractivity contribution in [1.29, 1.82) is 0 Å². The zero-order chi connectivity index (χ0) is 8.97. The van der Waals surface area contributed by atoms with Crippen LogP contribution < -0.4 is 11.5 Å². The van der Waals surface area contributed by atoms with Crippen molar-refractivity contribution < 1.29 is 0 Å². The maximum Gasteiger partial charge on any atom is 0.152 e. The molecule has 3 nitrogen and oxygen atoms in total. The third-order valence-corrected chi connectivity index (χ3v) is 1.63. The first-order chi connectivity index (χ1) is 5.74. The van der Waals surface area contributed by atoms with Gasteiger partial charge in [0.05, 0.1) is 11.4 Å². The second kappa shape index (κ2) is 4.09. The van der Waals surface area contributed by atoms with Gasteiger partial charge in [-0.3, -0.25) is 0 Å². The van der Waals surface area contributed by atoms with Crippen LogP contribution >= 0.6 is 11.6 Å². The quantitative estimate of drug-likeness (QED) is 0.680. The molecule has 0 radical (unpaired) electrons. The first-order valence-corrected chi connectivity index (χ1v) is 3.90. The summed E-state index contributed by atoms with van der Waals surface area (Å²) in [6.45, 7) is 0.490. The number of hydrogen-bond donors (Lipinski definition) is 2. The van der Waals surface area contributed by atoms with E-state index < -0.39 is 0 Å². The Bertz CT molecular complexity index is 296. The monoisotopic (exact) mass is 183 g/mol. The smallest absolute Gasteiger partial charge is 0.152 e. The van der Waals surface area contributed by atoms with Crippen molar-refractivity contribution in [2.45, 2.75) is 0 Å². The molecule has 4 N–H and O–H groups in total. The van der Waals surface area contributed by atoms with E-state index >= 15 is 0 Å². The molecule has 0 aliphatic heterocycles. The Kier molecular flexibility index (Phi) is 3.08. The summed E-state index contributed by atoms with van der Waals surface area (Å²) in [4.78, 5) is 4.01. The van der Waals surface area contributed by atoms with Gasteiger partial charge in [-0.1, -0.05) is 17.7 Å². The lowest BCUT2D eigenvalue weighted by Gasteiger charge is -1.97. The molecule has 0 unspecified atom stereocenters. The molecule has 0 amide bonds. The number of aromatic nitrogens is 1. The number of rotatable bonds is 2. The number of anilines is 1. The molecule has 1 aromatic rings. The highest BCUT2D eigenvalue weighted by molar-refractivity contribution is 6.31. The van der Waals surface area contributed by atoms with E-state index in [1.165, 1.54) is 0 Å². The highest BCUT2D eigenvalue weighted by atomic mass is 35.5. The molecule has 0 spiro atoms. The summed E-state index contributed by atoms with van der Waals surface area (Å²) >= 11 is 5.69. The summed E-state index contributed by atoms with van der Waals surface area (Å²) in [6.07, 6.45) is 3.60. The maximum atomic E-state index is 5.69. The summed E-state index contributed by atoms with van der Waals surface area (Å²) in [6, 6.07) is 3.50. The minimum Gasteiger partial charge on any atom is -0.396 e. The molecular weight excluding hydrogens is 174 g/mol. The summed E-state index contributed by atoms with van der Waals surface area (Å²) in [5, 5.41) is 0.328. The van der Waals surface area contributed by atoms with Crippen molar-refractivity contribution in [3.63, 3.8) is 0 Å². The summed E-state index contributed by atoms with van der Waals surface area (Å²) in [7, 11) is 0. The zero-order valence-electron chi connectivity index (χ0n) is 6.50. The van der Waals surface area contributed by atoms with Crippen molar-refractivity contribution in [2.24, 2.45) is 5.73 Å². The first kappa shape index (κ1) is 9.03. The van der Waals surface area contributed by atoms with E-state index in [-0.39, 0.29) is 0 Å². The first-order valence-electron chi connectivity index (χ1n) is 3.52. The van der Waals surface area contributed by atoms with Gasteiger partial charge in [0.1, 0.15) is 0 Å². The van der Waals surface area contributed by atoms with Gasteiger partial charge in [0.25, 0.3) is 0 Å². The van der Waals surface area contributed by atoms with Gasteiger partial charge in [-0.15, -0.1) is 0 Å². The van der Waals surface area contributed by atoms with Crippen LogP contribution in [0.2, 0.25) is 5.15 Å². The third kappa shape index (κ3) is 2.22. The molecule has 1 rings (SSSR count). The molecule has 64 valence electrons. The minimum absolute atomic E-state index is 0.328.